The van der Waals surface area contributed by atoms with Crippen LogP contribution in [0.2, 0.25) is 0 Å². The molecule has 1 heterocycles. The minimum Gasteiger partial charge on any atom is -0.506 e. The Morgan fingerprint density at radius 3 is 2.77 bits per heavy atom. The number of nitrogens with one attached hydrogen (secondary N) is 1. The van der Waals surface area contributed by atoms with Crippen molar-refractivity contribution in [1.82, 2.24) is 4.90 Å². The number of phenols is 1. The molecule has 0 unspecified atom stereocenters. The second-order valence-corrected chi connectivity index (χ2v) is 7.42. The van der Waals surface area contributed by atoms with Crippen molar-refractivity contribution in [3.63, 3.8) is 0 Å². The summed E-state index contributed by atoms with van der Waals surface area (Å²) >= 11 is 6.42. The molecule has 132 valence electrons. The van der Waals surface area contributed by atoms with E-state index in [1.165, 1.54) is 22.7 Å². The highest BCUT2D eigenvalue weighted by molar-refractivity contribution is 8.26. The van der Waals surface area contributed by atoms with Gasteiger partial charge < -0.3 is 10.4 Å². The molecule has 26 heavy (non-hydrogen) atoms. The van der Waals surface area contributed by atoms with Crippen LogP contribution in [-0.4, -0.2) is 32.7 Å². The van der Waals surface area contributed by atoms with Crippen molar-refractivity contribution in [3.05, 3.63) is 64.6 Å². The lowest BCUT2D eigenvalue weighted by atomic mass is 10.1. The van der Waals surface area contributed by atoms with Gasteiger partial charge in [-0.25, -0.2) is 0 Å². The molecule has 1 aliphatic heterocycles. The van der Waals surface area contributed by atoms with Gasteiger partial charge in [0.1, 0.15) is 16.6 Å². The fraction of sp³-hybridized carbons (Fsp3) is 0.105. The predicted molar refractivity (Wildman–Crippen MR) is 108 cm³/mol. The maximum atomic E-state index is 12.6. The summed E-state index contributed by atoms with van der Waals surface area (Å²) in [5.41, 5.74) is 2.29. The van der Waals surface area contributed by atoms with Gasteiger partial charge in [0.2, 0.25) is 5.91 Å². The summed E-state index contributed by atoms with van der Waals surface area (Å²) in [6, 6.07) is 14.2. The van der Waals surface area contributed by atoms with Gasteiger partial charge in [0.25, 0.3) is 5.91 Å². The number of aryl methyl sites for hydroxylation is 1. The second kappa shape index (κ2) is 7.72. The van der Waals surface area contributed by atoms with Crippen molar-refractivity contribution in [2.45, 2.75) is 6.92 Å². The number of carbonyl (C=O) groups excluding carboxylic acids is 2. The molecular weight excluding hydrogens is 368 g/mol. The van der Waals surface area contributed by atoms with Crippen molar-refractivity contribution in [3.8, 4) is 5.75 Å². The summed E-state index contributed by atoms with van der Waals surface area (Å²) in [5.74, 6) is -0.765. The van der Waals surface area contributed by atoms with Crippen LogP contribution in [0.1, 0.15) is 11.1 Å². The van der Waals surface area contributed by atoms with Crippen LogP contribution < -0.4 is 5.32 Å². The molecule has 1 aliphatic rings. The molecule has 1 fully saturated rings. The number of phenolic OH excluding ortho intramolecular Hbond substituents is 1. The number of carbonyl (C=O) groups is 2. The first kappa shape index (κ1) is 18.2. The Hall–Kier alpha value is -2.64. The highest BCUT2D eigenvalue weighted by Gasteiger charge is 2.33. The SMILES string of the molecule is Cc1cccc(/C=C2\SC(=S)N(CC(=O)Nc3ccccc3O)C2=O)c1. The molecule has 7 heteroatoms. The molecule has 2 aromatic rings. The fourth-order valence-corrected chi connectivity index (χ4v) is 3.72. The summed E-state index contributed by atoms with van der Waals surface area (Å²) in [5, 5.41) is 12.3. The topological polar surface area (TPSA) is 69.6 Å². The van der Waals surface area contributed by atoms with Crippen LogP contribution >= 0.6 is 24.0 Å². The standard InChI is InChI=1S/C19H16N2O3S2/c1-12-5-4-6-13(9-12)10-16-18(24)21(19(25)26-16)11-17(23)20-14-7-2-3-8-15(14)22/h2-10,22H,11H2,1H3,(H,20,23)/b16-10-. The molecule has 5 nitrogen and oxygen atoms in total. The lowest BCUT2D eigenvalue weighted by Gasteiger charge is -2.14. The Morgan fingerprint density at radius 2 is 2.04 bits per heavy atom. The van der Waals surface area contributed by atoms with E-state index in [0.29, 0.717) is 14.9 Å². The van der Waals surface area contributed by atoms with Crippen molar-refractivity contribution in [1.29, 1.82) is 0 Å². The van der Waals surface area contributed by atoms with Crippen LogP contribution in [0.3, 0.4) is 0 Å². The van der Waals surface area contributed by atoms with Gasteiger partial charge in [0.05, 0.1) is 10.6 Å². The van der Waals surface area contributed by atoms with Crippen molar-refractivity contribution in [2.24, 2.45) is 0 Å². The summed E-state index contributed by atoms with van der Waals surface area (Å²) in [7, 11) is 0. The maximum absolute atomic E-state index is 12.6. The average molecular weight is 384 g/mol. The number of benzene rings is 2. The monoisotopic (exact) mass is 384 g/mol. The predicted octanol–water partition coefficient (Wildman–Crippen LogP) is 3.54. The zero-order valence-electron chi connectivity index (χ0n) is 13.9. The van der Waals surface area contributed by atoms with E-state index in [0.717, 1.165) is 11.1 Å². The first-order chi connectivity index (χ1) is 12.4. The van der Waals surface area contributed by atoms with E-state index in [1.54, 1.807) is 24.3 Å². The normalized spacial score (nSPS) is 15.6. The van der Waals surface area contributed by atoms with E-state index in [2.05, 4.69) is 5.32 Å². The van der Waals surface area contributed by atoms with E-state index in [-0.39, 0.29) is 18.2 Å². The summed E-state index contributed by atoms with van der Waals surface area (Å²) in [6.45, 7) is 1.77. The van der Waals surface area contributed by atoms with E-state index in [9.17, 15) is 14.7 Å². The Labute approximate surface area is 160 Å². The molecular formula is C19H16N2O3S2. The molecule has 0 atom stereocenters. The fourth-order valence-electron chi connectivity index (χ4n) is 2.46. The third-order valence-corrected chi connectivity index (χ3v) is 5.07. The van der Waals surface area contributed by atoms with Gasteiger partial charge in [-0.05, 0) is 30.7 Å². The van der Waals surface area contributed by atoms with Gasteiger partial charge in [-0.1, -0.05) is 65.9 Å². The van der Waals surface area contributed by atoms with E-state index in [1.807, 2.05) is 31.2 Å². The number of thiocarbonyl (C=S) groups is 1. The number of anilines is 1. The molecule has 0 aromatic heterocycles. The first-order valence-electron chi connectivity index (χ1n) is 7.84. The summed E-state index contributed by atoms with van der Waals surface area (Å²) in [4.78, 5) is 26.5. The highest BCUT2D eigenvalue weighted by atomic mass is 32.2. The summed E-state index contributed by atoms with van der Waals surface area (Å²) < 4.78 is 0.335. The minimum atomic E-state index is -0.431. The van der Waals surface area contributed by atoms with Crippen molar-refractivity contribution < 1.29 is 14.7 Å². The zero-order chi connectivity index (χ0) is 18.7. The van der Waals surface area contributed by atoms with Crippen molar-refractivity contribution >= 4 is 51.9 Å². The number of aromatic hydroxyl groups is 1. The third-order valence-electron chi connectivity index (χ3n) is 3.69. The average Bonchev–Trinajstić information content (AvgIpc) is 2.84. The first-order valence-corrected chi connectivity index (χ1v) is 9.06. The second-order valence-electron chi connectivity index (χ2n) is 5.75. The molecule has 0 aliphatic carbocycles. The van der Waals surface area contributed by atoms with Gasteiger partial charge >= 0.3 is 0 Å². The largest absolute Gasteiger partial charge is 0.506 e. The Balaban J connectivity index is 1.71. The van der Waals surface area contributed by atoms with E-state index < -0.39 is 5.91 Å². The van der Waals surface area contributed by atoms with Crippen LogP contribution in [0.15, 0.2) is 53.4 Å². The number of hydrogen-bond donors (Lipinski definition) is 2. The van der Waals surface area contributed by atoms with Gasteiger partial charge in [0.15, 0.2) is 0 Å². The Morgan fingerprint density at radius 1 is 1.27 bits per heavy atom. The third kappa shape index (κ3) is 4.12. The van der Waals surface area contributed by atoms with Crippen LogP contribution in [0.5, 0.6) is 5.75 Å². The quantitative estimate of drug-likeness (QED) is 0.479. The molecule has 1 saturated heterocycles. The molecule has 3 rings (SSSR count). The summed E-state index contributed by atoms with van der Waals surface area (Å²) in [6.07, 6.45) is 1.77. The smallest absolute Gasteiger partial charge is 0.266 e. The molecule has 2 N–H and O–H groups in total. The van der Waals surface area contributed by atoms with E-state index >= 15 is 0 Å². The number of hydrogen-bond acceptors (Lipinski definition) is 5. The van der Waals surface area contributed by atoms with Gasteiger partial charge in [0, 0.05) is 0 Å². The maximum Gasteiger partial charge on any atom is 0.266 e. The Kier molecular flexibility index (Phi) is 5.39. The highest BCUT2D eigenvalue weighted by Crippen LogP contribution is 2.32. The van der Waals surface area contributed by atoms with Crippen LogP contribution in [0, 0.1) is 6.92 Å². The van der Waals surface area contributed by atoms with Crippen molar-refractivity contribution in [2.75, 3.05) is 11.9 Å². The molecule has 0 bridgehead atoms. The van der Waals surface area contributed by atoms with Crippen LogP contribution in [-0.2, 0) is 9.59 Å². The number of para-hydroxylation sites is 2. The lowest BCUT2D eigenvalue weighted by molar-refractivity contribution is -0.126. The zero-order valence-corrected chi connectivity index (χ0v) is 15.6. The van der Waals surface area contributed by atoms with Crippen LogP contribution in [0.4, 0.5) is 5.69 Å². The molecule has 2 amide bonds. The molecule has 2 aromatic carbocycles. The number of nitrogens with zero attached hydrogens (tertiary/aromatic N) is 1. The van der Waals surface area contributed by atoms with Gasteiger partial charge in [-0.2, -0.15) is 0 Å². The molecule has 0 spiro atoms. The molecule has 0 radical (unpaired) electrons. The number of thioether (sulfide) groups is 1. The van der Waals surface area contributed by atoms with E-state index in [4.69, 9.17) is 12.2 Å². The lowest BCUT2D eigenvalue weighted by Crippen LogP contribution is -2.36. The minimum absolute atomic E-state index is 0.0365. The number of rotatable bonds is 4. The van der Waals surface area contributed by atoms with Gasteiger partial charge in [-0.15, -0.1) is 0 Å². The Bertz CT molecular complexity index is 925. The van der Waals surface area contributed by atoms with Crippen LogP contribution in [0.25, 0.3) is 6.08 Å². The van der Waals surface area contributed by atoms with Gasteiger partial charge in [-0.3, -0.25) is 14.5 Å². The number of amides is 2. The molecule has 0 saturated carbocycles.